The SMILES string of the molecule is Cc1cc(C)cc(NC(=O)c2ccnc(Nc3ccc(C(F)(F)F)cc3)n2)c1. The monoisotopic (exact) mass is 386 g/mol. The fourth-order valence-corrected chi connectivity index (χ4v) is 2.66. The second-order valence-corrected chi connectivity index (χ2v) is 6.30. The highest BCUT2D eigenvalue weighted by Crippen LogP contribution is 2.30. The molecule has 0 aliphatic carbocycles. The van der Waals surface area contributed by atoms with Crippen LogP contribution < -0.4 is 10.6 Å². The van der Waals surface area contributed by atoms with Gasteiger partial charge >= 0.3 is 6.18 Å². The van der Waals surface area contributed by atoms with Crippen LogP contribution in [0.3, 0.4) is 0 Å². The van der Waals surface area contributed by atoms with E-state index in [1.165, 1.54) is 24.4 Å². The average molecular weight is 386 g/mol. The van der Waals surface area contributed by atoms with Gasteiger partial charge in [0.25, 0.3) is 5.91 Å². The largest absolute Gasteiger partial charge is 0.416 e. The summed E-state index contributed by atoms with van der Waals surface area (Å²) < 4.78 is 37.9. The van der Waals surface area contributed by atoms with E-state index in [0.717, 1.165) is 23.3 Å². The molecule has 8 heteroatoms. The Kier molecular flexibility index (Phi) is 5.30. The molecule has 2 N–H and O–H groups in total. The lowest BCUT2D eigenvalue weighted by Gasteiger charge is -2.10. The number of amides is 1. The quantitative estimate of drug-likeness (QED) is 0.654. The van der Waals surface area contributed by atoms with Crippen LogP contribution in [0.25, 0.3) is 0 Å². The maximum absolute atomic E-state index is 12.6. The number of carbonyl (C=O) groups excluding carboxylic acids is 1. The molecule has 0 aliphatic heterocycles. The smallest absolute Gasteiger partial charge is 0.324 e. The van der Waals surface area contributed by atoms with Gasteiger partial charge in [-0.15, -0.1) is 0 Å². The van der Waals surface area contributed by atoms with Crippen LogP contribution in [0, 0.1) is 13.8 Å². The maximum atomic E-state index is 12.6. The predicted molar refractivity (Wildman–Crippen MR) is 101 cm³/mol. The zero-order chi connectivity index (χ0) is 20.3. The van der Waals surface area contributed by atoms with E-state index in [4.69, 9.17) is 0 Å². The fraction of sp³-hybridized carbons (Fsp3) is 0.150. The first kappa shape index (κ1) is 19.3. The summed E-state index contributed by atoms with van der Waals surface area (Å²) in [6, 6.07) is 11.6. The topological polar surface area (TPSA) is 66.9 Å². The van der Waals surface area contributed by atoms with Crippen LogP contribution in [0.5, 0.6) is 0 Å². The van der Waals surface area contributed by atoms with Gasteiger partial charge in [0.15, 0.2) is 0 Å². The predicted octanol–water partition coefficient (Wildman–Crippen LogP) is 5.11. The lowest BCUT2D eigenvalue weighted by atomic mass is 10.1. The summed E-state index contributed by atoms with van der Waals surface area (Å²) >= 11 is 0. The maximum Gasteiger partial charge on any atom is 0.416 e. The Bertz CT molecular complexity index is 981. The standard InChI is InChI=1S/C20H17F3N4O/c1-12-9-13(2)11-16(10-12)25-18(28)17-7-8-24-19(27-17)26-15-5-3-14(4-6-15)20(21,22)23/h3-11H,1-2H3,(H,25,28)(H,24,26,27). The van der Waals surface area contributed by atoms with E-state index < -0.39 is 17.6 Å². The van der Waals surface area contributed by atoms with E-state index in [1.807, 2.05) is 32.0 Å². The van der Waals surface area contributed by atoms with Gasteiger partial charge < -0.3 is 10.6 Å². The molecular formula is C20H17F3N4O. The molecule has 1 amide bonds. The van der Waals surface area contributed by atoms with Crippen molar-refractivity contribution in [3.8, 4) is 0 Å². The van der Waals surface area contributed by atoms with Gasteiger partial charge in [0.2, 0.25) is 5.95 Å². The van der Waals surface area contributed by atoms with Gasteiger partial charge in [-0.25, -0.2) is 9.97 Å². The van der Waals surface area contributed by atoms with Crippen molar-refractivity contribution in [1.82, 2.24) is 9.97 Å². The summed E-state index contributed by atoms with van der Waals surface area (Å²) in [7, 11) is 0. The molecule has 5 nitrogen and oxygen atoms in total. The number of rotatable bonds is 4. The molecule has 0 unspecified atom stereocenters. The zero-order valence-corrected chi connectivity index (χ0v) is 15.1. The number of nitrogens with one attached hydrogen (secondary N) is 2. The Labute approximate surface area is 159 Å². The third-order valence-electron chi connectivity index (χ3n) is 3.84. The first-order valence-corrected chi connectivity index (χ1v) is 8.38. The van der Waals surface area contributed by atoms with E-state index in [0.29, 0.717) is 11.4 Å². The van der Waals surface area contributed by atoms with Crippen LogP contribution in [0.15, 0.2) is 54.7 Å². The average Bonchev–Trinajstić information content (AvgIpc) is 2.61. The minimum absolute atomic E-state index is 0.104. The van der Waals surface area contributed by atoms with Crippen molar-refractivity contribution in [2.45, 2.75) is 20.0 Å². The third kappa shape index (κ3) is 4.85. The van der Waals surface area contributed by atoms with E-state index in [-0.39, 0.29) is 11.6 Å². The molecule has 0 bridgehead atoms. The first-order chi connectivity index (χ1) is 13.2. The molecule has 0 saturated heterocycles. The van der Waals surface area contributed by atoms with Crippen molar-refractivity contribution in [3.05, 3.63) is 77.1 Å². The highest BCUT2D eigenvalue weighted by molar-refractivity contribution is 6.03. The van der Waals surface area contributed by atoms with E-state index in [2.05, 4.69) is 20.6 Å². The Balaban J connectivity index is 1.73. The van der Waals surface area contributed by atoms with Crippen LogP contribution in [-0.4, -0.2) is 15.9 Å². The number of anilines is 3. The molecule has 3 aromatic rings. The van der Waals surface area contributed by atoms with Gasteiger partial charge in [-0.05, 0) is 67.4 Å². The number of benzene rings is 2. The second-order valence-electron chi connectivity index (χ2n) is 6.30. The van der Waals surface area contributed by atoms with Crippen molar-refractivity contribution in [2.75, 3.05) is 10.6 Å². The molecule has 144 valence electrons. The Morgan fingerprint density at radius 1 is 0.929 bits per heavy atom. The van der Waals surface area contributed by atoms with Crippen molar-refractivity contribution in [2.24, 2.45) is 0 Å². The normalized spacial score (nSPS) is 11.2. The van der Waals surface area contributed by atoms with E-state index in [9.17, 15) is 18.0 Å². The molecule has 0 spiro atoms. The number of hydrogen-bond donors (Lipinski definition) is 2. The molecule has 0 aliphatic rings. The summed E-state index contributed by atoms with van der Waals surface area (Å²) in [4.78, 5) is 20.6. The summed E-state index contributed by atoms with van der Waals surface area (Å²) in [5, 5.41) is 5.56. The van der Waals surface area contributed by atoms with Gasteiger partial charge in [0, 0.05) is 17.6 Å². The Morgan fingerprint density at radius 2 is 1.57 bits per heavy atom. The number of aryl methyl sites for hydroxylation is 2. The number of halogens is 3. The minimum Gasteiger partial charge on any atom is -0.324 e. The first-order valence-electron chi connectivity index (χ1n) is 8.38. The van der Waals surface area contributed by atoms with E-state index in [1.54, 1.807) is 0 Å². The van der Waals surface area contributed by atoms with Crippen molar-refractivity contribution in [3.63, 3.8) is 0 Å². The highest BCUT2D eigenvalue weighted by Gasteiger charge is 2.29. The summed E-state index contributed by atoms with van der Waals surface area (Å²) in [6.07, 6.45) is -3.00. The molecular weight excluding hydrogens is 369 g/mol. The van der Waals surface area contributed by atoms with Crippen LogP contribution in [0.4, 0.5) is 30.5 Å². The summed E-state index contributed by atoms with van der Waals surface area (Å²) in [5.74, 6) is -0.310. The number of aromatic nitrogens is 2. The molecule has 3 rings (SSSR count). The van der Waals surface area contributed by atoms with Gasteiger partial charge in [-0.3, -0.25) is 4.79 Å². The number of hydrogen-bond acceptors (Lipinski definition) is 4. The van der Waals surface area contributed by atoms with Crippen molar-refractivity contribution >= 4 is 23.2 Å². The molecule has 1 aromatic heterocycles. The van der Waals surface area contributed by atoms with Crippen LogP contribution in [0.1, 0.15) is 27.2 Å². The van der Waals surface area contributed by atoms with Gasteiger partial charge in [0.05, 0.1) is 5.56 Å². The molecule has 0 fully saturated rings. The molecule has 28 heavy (non-hydrogen) atoms. The Hall–Kier alpha value is -3.42. The number of alkyl halides is 3. The minimum atomic E-state index is -4.40. The highest BCUT2D eigenvalue weighted by atomic mass is 19.4. The van der Waals surface area contributed by atoms with E-state index >= 15 is 0 Å². The molecule has 1 heterocycles. The van der Waals surface area contributed by atoms with Gasteiger partial charge in [0.1, 0.15) is 5.69 Å². The summed E-state index contributed by atoms with van der Waals surface area (Å²) in [6.45, 7) is 3.86. The van der Waals surface area contributed by atoms with Crippen LogP contribution in [0.2, 0.25) is 0 Å². The Morgan fingerprint density at radius 3 is 2.18 bits per heavy atom. The lowest BCUT2D eigenvalue weighted by molar-refractivity contribution is -0.137. The lowest BCUT2D eigenvalue weighted by Crippen LogP contribution is -2.15. The van der Waals surface area contributed by atoms with Gasteiger partial charge in [-0.1, -0.05) is 6.07 Å². The summed E-state index contributed by atoms with van der Waals surface area (Å²) in [5.41, 5.74) is 2.44. The van der Waals surface area contributed by atoms with Crippen molar-refractivity contribution in [1.29, 1.82) is 0 Å². The van der Waals surface area contributed by atoms with Gasteiger partial charge in [-0.2, -0.15) is 13.2 Å². The molecule has 0 saturated carbocycles. The second kappa shape index (κ2) is 7.67. The zero-order valence-electron chi connectivity index (χ0n) is 15.1. The van der Waals surface area contributed by atoms with Crippen LogP contribution >= 0.6 is 0 Å². The van der Waals surface area contributed by atoms with Crippen molar-refractivity contribution < 1.29 is 18.0 Å². The van der Waals surface area contributed by atoms with Crippen LogP contribution in [-0.2, 0) is 6.18 Å². The number of nitrogens with zero attached hydrogens (tertiary/aromatic N) is 2. The molecule has 0 atom stereocenters. The fourth-order valence-electron chi connectivity index (χ4n) is 2.66. The molecule has 2 aromatic carbocycles. The molecule has 0 radical (unpaired) electrons. The third-order valence-corrected chi connectivity index (χ3v) is 3.84. The number of carbonyl (C=O) groups is 1.